The van der Waals surface area contributed by atoms with Crippen molar-refractivity contribution in [2.45, 2.75) is 39.2 Å². The summed E-state index contributed by atoms with van der Waals surface area (Å²) >= 11 is 0. The average molecular weight is 258 g/mol. The number of fused-ring (bicyclic) bond motifs is 1. The fraction of sp³-hybridized carbons (Fsp3) is 0.467. The minimum atomic E-state index is -0.427. The van der Waals surface area contributed by atoms with Crippen LogP contribution in [0.2, 0.25) is 0 Å². The molecule has 0 bridgehead atoms. The van der Waals surface area contributed by atoms with E-state index in [4.69, 9.17) is 14.0 Å². The second-order valence-electron chi connectivity index (χ2n) is 5.71. The first-order valence-corrected chi connectivity index (χ1v) is 6.78. The number of rotatable bonds is 1. The molecule has 2 aliphatic rings. The van der Waals surface area contributed by atoms with Gasteiger partial charge in [0.1, 0.15) is 11.4 Å². The third-order valence-corrected chi connectivity index (χ3v) is 4.00. The summed E-state index contributed by atoms with van der Waals surface area (Å²) in [6.45, 7) is 10.8. The molecule has 0 aliphatic carbocycles. The van der Waals surface area contributed by atoms with Crippen LogP contribution in [-0.2, 0) is 15.7 Å². The molecule has 1 saturated heterocycles. The Hall–Kier alpha value is -1.42. The first kappa shape index (κ1) is 12.6. The molecule has 19 heavy (non-hydrogen) atoms. The summed E-state index contributed by atoms with van der Waals surface area (Å²) < 4.78 is 17.4. The summed E-state index contributed by atoms with van der Waals surface area (Å²) in [6, 6.07) is 4.07. The van der Waals surface area contributed by atoms with Crippen LogP contribution in [0.5, 0.6) is 5.75 Å². The fourth-order valence-corrected chi connectivity index (χ4v) is 2.64. The highest BCUT2D eigenvalue weighted by atomic mass is 16.7. The summed E-state index contributed by atoms with van der Waals surface area (Å²) in [7, 11) is -0.352. The molecule has 3 nitrogen and oxygen atoms in total. The lowest BCUT2D eigenvalue weighted by molar-refractivity contribution is 0.173. The van der Waals surface area contributed by atoms with Crippen LogP contribution in [0.3, 0.4) is 0 Å². The molecule has 1 aromatic rings. The van der Waals surface area contributed by atoms with Crippen molar-refractivity contribution < 1.29 is 14.0 Å². The van der Waals surface area contributed by atoms with Crippen LogP contribution in [0.1, 0.15) is 31.4 Å². The standard InChI is InChI=1S/C15H19BO3/c1-10-12-6-5-9-17-14(12)8-7-13(10)16-18-11(2)15(3,4)19-16/h7-8H,2,5-6,9H2,1,3-4H3. The molecule has 1 fully saturated rings. The molecule has 0 unspecified atom stereocenters. The van der Waals surface area contributed by atoms with E-state index < -0.39 is 5.60 Å². The third kappa shape index (κ3) is 2.04. The van der Waals surface area contributed by atoms with Crippen LogP contribution in [-0.4, -0.2) is 19.3 Å². The van der Waals surface area contributed by atoms with Crippen molar-refractivity contribution in [1.29, 1.82) is 0 Å². The molecule has 0 atom stereocenters. The molecule has 2 aliphatic heterocycles. The molecule has 2 heterocycles. The maximum atomic E-state index is 5.96. The lowest BCUT2D eigenvalue weighted by Gasteiger charge is -2.21. The van der Waals surface area contributed by atoms with E-state index in [0.29, 0.717) is 5.76 Å². The third-order valence-electron chi connectivity index (χ3n) is 4.00. The van der Waals surface area contributed by atoms with Crippen LogP contribution in [0, 0.1) is 6.92 Å². The van der Waals surface area contributed by atoms with Gasteiger partial charge < -0.3 is 14.0 Å². The van der Waals surface area contributed by atoms with E-state index in [1.54, 1.807) is 0 Å². The molecule has 100 valence electrons. The van der Waals surface area contributed by atoms with Gasteiger partial charge in [0.05, 0.1) is 12.4 Å². The number of benzene rings is 1. The van der Waals surface area contributed by atoms with Gasteiger partial charge in [-0.05, 0) is 50.8 Å². The van der Waals surface area contributed by atoms with Crippen molar-refractivity contribution >= 4 is 12.6 Å². The highest BCUT2D eigenvalue weighted by molar-refractivity contribution is 6.63. The van der Waals surface area contributed by atoms with E-state index in [2.05, 4.69) is 13.5 Å². The molecule has 1 aromatic carbocycles. The Morgan fingerprint density at radius 3 is 2.79 bits per heavy atom. The quantitative estimate of drug-likeness (QED) is 0.724. The minimum absolute atomic E-state index is 0.352. The molecular weight excluding hydrogens is 239 g/mol. The normalized spacial score (nSPS) is 20.8. The van der Waals surface area contributed by atoms with Crippen molar-refractivity contribution in [3.05, 3.63) is 35.6 Å². The zero-order valence-electron chi connectivity index (χ0n) is 11.8. The number of hydrogen-bond acceptors (Lipinski definition) is 3. The molecular formula is C15H19BO3. The van der Waals surface area contributed by atoms with E-state index in [1.807, 2.05) is 26.0 Å². The average Bonchev–Trinajstić information content (AvgIpc) is 2.64. The van der Waals surface area contributed by atoms with E-state index in [1.165, 1.54) is 11.1 Å². The molecule has 0 aromatic heterocycles. The SMILES string of the molecule is C=C1OB(c2ccc3c(c2C)CCCO3)OC1(C)C. The lowest BCUT2D eigenvalue weighted by atomic mass is 9.74. The van der Waals surface area contributed by atoms with Gasteiger partial charge in [0.2, 0.25) is 0 Å². The predicted octanol–water partition coefficient (Wildman–Crippen LogP) is 2.35. The van der Waals surface area contributed by atoms with E-state index in [9.17, 15) is 0 Å². The highest BCUT2D eigenvalue weighted by Crippen LogP contribution is 2.32. The first-order valence-electron chi connectivity index (χ1n) is 6.78. The second kappa shape index (κ2) is 4.31. The molecule has 4 heteroatoms. The lowest BCUT2D eigenvalue weighted by Crippen LogP contribution is -2.37. The van der Waals surface area contributed by atoms with Gasteiger partial charge in [0.15, 0.2) is 0 Å². The molecule has 0 N–H and O–H groups in total. The first-order chi connectivity index (χ1) is 8.99. The van der Waals surface area contributed by atoms with Gasteiger partial charge >= 0.3 is 7.12 Å². The molecule has 0 saturated carbocycles. The fourth-order valence-electron chi connectivity index (χ4n) is 2.64. The summed E-state index contributed by atoms with van der Waals surface area (Å²) in [5, 5.41) is 0. The van der Waals surface area contributed by atoms with Gasteiger partial charge in [0, 0.05) is 5.46 Å². The Kier molecular flexibility index (Phi) is 2.86. The van der Waals surface area contributed by atoms with Gasteiger partial charge in [0.25, 0.3) is 0 Å². The van der Waals surface area contributed by atoms with E-state index >= 15 is 0 Å². The highest BCUT2D eigenvalue weighted by Gasteiger charge is 2.43. The minimum Gasteiger partial charge on any atom is -0.534 e. The Morgan fingerprint density at radius 2 is 2.11 bits per heavy atom. The van der Waals surface area contributed by atoms with Gasteiger partial charge in [-0.3, -0.25) is 0 Å². The molecule has 0 radical (unpaired) electrons. The van der Waals surface area contributed by atoms with Crippen LogP contribution in [0.15, 0.2) is 24.5 Å². The predicted molar refractivity (Wildman–Crippen MR) is 75.8 cm³/mol. The van der Waals surface area contributed by atoms with Crippen molar-refractivity contribution in [2.75, 3.05) is 6.61 Å². The zero-order valence-corrected chi connectivity index (χ0v) is 11.8. The van der Waals surface area contributed by atoms with Crippen molar-refractivity contribution in [3.63, 3.8) is 0 Å². The van der Waals surface area contributed by atoms with Crippen LogP contribution in [0.25, 0.3) is 0 Å². The number of ether oxygens (including phenoxy) is 1. The summed E-state index contributed by atoms with van der Waals surface area (Å²) in [4.78, 5) is 0. The molecule has 3 rings (SSSR count). The summed E-state index contributed by atoms with van der Waals surface area (Å²) in [5.41, 5.74) is 3.15. The summed E-state index contributed by atoms with van der Waals surface area (Å²) in [5.74, 6) is 1.69. The maximum absolute atomic E-state index is 5.96. The summed E-state index contributed by atoms with van der Waals surface area (Å²) in [6.07, 6.45) is 2.13. The maximum Gasteiger partial charge on any atom is 0.563 e. The zero-order chi connectivity index (χ0) is 13.6. The van der Waals surface area contributed by atoms with Crippen molar-refractivity contribution in [2.24, 2.45) is 0 Å². The van der Waals surface area contributed by atoms with Gasteiger partial charge in [-0.2, -0.15) is 0 Å². The number of hydrogen-bond donors (Lipinski definition) is 0. The van der Waals surface area contributed by atoms with Crippen LogP contribution >= 0.6 is 0 Å². The van der Waals surface area contributed by atoms with E-state index in [-0.39, 0.29) is 7.12 Å². The van der Waals surface area contributed by atoms with Gasteiger partial charge in [-0.1, -0.05) is 12.6 Å². The van der Waals surface area contributed by atoms with Gasteiger partial charge in [-0.15, -0.1) is 0 Å². The van der Waals surface area contributed by atoms with Crippen LogP contribution < -0.4 is 10.2 Å². The topological polar surface area (TPSA) is 27.7 Å². The Morgan fingerprint density at radius 1 is 1.32 bits per heavy atom. The smallest absolute Gasteiger partial charge is 0.534 e. The van der Waals surface area contributed by atoms with Crippen molar-refractivity contribution in [3.8, 4) is 5.75 Å². The Bertz CT molecular complexity index is 536. The Labute approximate surface area is 114 Å². The second-order valence-corrected chi connectivity index (χ2v) is 5.71. The molecule has 0 amide bonds. The largest absolute Gasteiger partial charge is 0.563 e. The molecule has 0 spiro atoms. The Balaban J connectivity index is 1.96. The van der Waals surface area contributed by atoms with Gasteiger partial charge in [-0.25, -0.2) is 0 Å². The van der Waals surface area contributed by atoms with Crippen molar-refractivity contribution in [1.82, 2.24) is 0 Å². The van der Waals surface area contributed by atoms with E-state index in [0.717, 1.165) is 30.7 Å². The monoisotopic (exact) mass is 258 g/mol. The van der Waals surface area contributed by atoms with Crippen LogP contribution in [0.4, 0.5) is 0 Å².